The van der Waals surface area contributed by atoms with E-state index < -0.39 is 17.5 Å². The SMILES string of the molecule is O=C(CN1CC2(CC2F)c2cc(Br)ccc2C1=O)Nc1ncccn1. The topological polar surface area (TPSA) is 75.2 Å². The number of carbonyl (C=O) groups excluding carboxylic acids is 2. The normalized spacial score (nSPS) is 24.2. The first-order chi connectivity index (χ1) is 12.0. The van der Waals surface area contributed by atoms with Gasteiger partial charge >= 0.3 is 0 Å². The predicted molar refractivity (Wildman–Crippen MR) is 91.9 cm³/mol. The number of fused-ring (bicyclic) bond motifs is 2. The van der Waals surface area contributed by atoms with E-state index in [9.17, 15) is 14.0 Å². The van der Waals surface area contributed by atoms with E-state index in [4.69, 9.17) is 0 Å². The van der Waals surface area contributed by atoms with Crippen molar-refractivity contribution in [1.29, 1.82) is 0 Å². The Morgan fingerprint density at radius 2 is 2.12 bits per heavy atom. The Bertz CT molecular complexity index is 863. The molecule has 1 aromatic carbocycles. The average molecular weight is 405 g/mol. The molecule has 0 bridgehead atoms. The molecular formula is C17H14BrFN4O2. The third-order valence-electron chi connectivity index (χ3n) is 4.64. The first-order valence-corrected chi connectivity index (χ1v) is 8.59. The van der Waals surface area contributed by atoms with E-state index in [-0.39, 0.29) is 24.9 Å². The summed E-state index contributed by atoms with van der Waals surface area (Å²) in [5.74, 6) is -0.506. The van der Waals surface area contributed by atoms with Gasteiger partial charge in [0.15, 0.2) is 0 Å². The van der Waals surface area contributed by atoms with E-state index in [0.717, 1.165) is 10.0 Å². The van der Waals surface area contributed by atoms with Gasteiger partial charge in [-0.05, 0) is 36.2 Å². The van der Waals surface area contributed by atoms with Crippen LogP contribution in [-0.2, 0) is 10.2 Å². The van der Waals surface area contributed by atoms with Crippen molar-refractivity contribution in [3.8, 4) is 0 Å². The van der Waals surface area contributed by atoms with Crippen LogP contribution >= 0.6 is 15.9 Å². The van der Waals surface area contributed by atoms with Crippen LogP contribution in [0.5, 0.6) is 0 Å². The van der Waals surface area contributed by atoms with E-state index in [2.05, 4.69) is 31.2 Å². The zero-order valence-corrected chi connectivity index (χ0v) is 14.7. The molecule has 2 atom stereocenters. The fourth-order valence-corrected chi connectivity index (χ4v) is 3.68. The maximum absolute atomic E-state index is 14.2. The number of benzene rings is 1. The summed E-state index contributed by atoms with van der Waals surface area (Å²) in [5, 5.41) is 2.55. The van der Waals surface area contributed by atoms with Gasteiger partial charge in [-0.3, -0.25) is 14.9 Å². The van der Waals surface area contributed by atoms with Gasteiger partial charge in [-0.15, -0.1) is 0 Å². The molecule has 8 heteroatoms. The maximum Gasteiger partial charge on any atom is 0.254 e. The summed E-state index contributed by atoms with van der Waals surface area (Å²) in [6.07, 6.45) is 2.38. The lowest BCUT2D eigenvalue weighted by Gasteiger charge is -2.34. The summed E-state index contributed by atoms with van der Waals surface area (Å²) in [7, 11) is 0. The van der Waals surface area contributed by atoms with Gasteiger partial charge in [0.25, 0.3) is 5.91 Å². The molecule has 0 radical (unpaired) electrons. The van der Waals surface area contributed by atoms with Gasteiger partial charge in [0.2, 0.25) is 11.9 Å². The number of hydrogen-bond donors (Lipinski definition) is 1. The zero-order valence-electron chi connectivity index (χ0n) is 13.1. The Hall–Kier alpha value is -2.35. The zero-order chi connectivity index (χ0) is 17.6. The highest BCUT2D eigenvalue weighted by atomic mass is 79.9. The highest BCUT2D eigenvalue weighted by Gasteiger charge is 2.61. The van der Waals surface area contributed by atoms with Crippen LogP contribution in [0.4, 0.5) is 10.3 Å². The Morgan fingerprint density at radius 1 is 1.40 bits per heavy atom. The van der Waals surface area contributed by atoms with Crippen LogP contribution in [0.15, 0.2) is 41.1 Å². The van der Waals surface area contributed by atoms with Crippen LogP contribution in [0.25, 0.3) is 0 Å². The fraction of sp³-hybridized carbons (Fsp3) is 0.294. The molecule has 1 aliphatic carbocycles. The second-order valence-corrected chi connectivity index (χ2v) is 7.22. The number of anilines is 1. The number of hydrogen-bond acceptors (Lipinski definition) is 4. The molecule has 1 fully saturated rings. The quantitative estimate of drug-likeness (QED) is 0.851. The summed E-state index contributed by atoms with van der Waals surface area (Å²) < 4.78 is 15.0. The molecule has 128 valence electrons. The molecule has 1 aromatic heterocycles. The van der Waals surface area contributed by atoms with Crippen molar-refractivity contribution >= 4 is 33.7 Å². The van der Waals surface area contributed by atoms with Gasteiger partial charge in [0.1, 0.15) is 12.7 Å². The number of nitrogens with one attached hydrogen (secondary N) is 1. The number of nitrogens with zero attached hydrogens (tertiary/aromatic N) is 3. The lowest BCUT2D eigenvalue weighted by Crippen LogP contribution is -2.47. The van der Waals surface area contributed by atoms with Crippen LogP contribution in [0, 0.1) is 0 Å². The molecule has 25 heavy (non-hydrogen) atoms. The summed E-state index contributed by atoms with van der Waals surface area (Å²) in [5.41, 5.74) is 0.483. The molecule has 2 aromatic rings. The third kappa shape index (κ3) is 2.80. The van der Waals surface area contributed by atoms with Gasteiger partial charge in [-0.2, -0.15) is 0 Å². The smallest absolute Gasteiger partial charge is 0.254 e. The van der Waals surface area contributed by atoms with Crippen molar-refractivity contribution in [3.63, 3.8) is 0 Å². The van der Waals surface area contributed by atoms with Crippen LogP contribution < -0.4 is 5.32 Å². The molecule has 4 rings (SSSR count). The Kier molecular flexibility index (Phi) is 3.79. The van der Waals surface area contributed by atoms with Crippen molar-refractivity contribution in [3.05, 3.63) is 52.3 Å². The number of aromatic nitrogens is 2. The standard InChI is InChI=1S/C17H14BrFN4O2/c18-10-2-3-11-12(6-10)17(7-13(17)19)9-23(15(11)25)8-14(24)22-16-20-4-1-5-21-16/h1-6,13H,7-9H2,(H,20,21,22,24). The van der Waals surface area contributed by atoms with Crippen LogP contribution in [0.1, 0.15) is 22.3 Å². The summed E-state index contributed by atoms with van der Waals surface area (Å²) in [6, 6.07) is 6.87. The van der Waals surface area contributed by atoms with Crippen molar-refractivity contribution in [2.24, 2.45) is 0 Å². The maximum atomic E-state index is 14.2. The molecule has 2 aliphatic rings. The largest absolute Gasteiger partial charge is 0.328 e. The molecule has 6 nitrogen and oxygen atoms in total. The molecule has 0 saturated heterocycles. The summed E-state index contributed by atoms with van der Waals surface area (Å²) >= 11 is 3.38. The van der Waals surface area contributed by atoms with Gasteiger partial charge in [0.05, 0.1) is 0 Å². The first-order valence-electron chi connectivity index (χ1n) is 7.80. The number of halogens is 2. The number of alkyl halides is 1. The van der Waals surface area contributed by atoms with Crippen LogP contribution in [0.2, 0.25) is 0 Å². The Labute approximate surface area is 151 Å². The molecule has 2 amide bonds. The number of carbonyl (C=O) groups is 2. The number of amides is 2. The monoisotopic (exact) mass is 404 g/mol. The van der Waals surface area contributed by atoms with Crippen molar-refractivity contribution in [1.82, 2.24) is 14.9 Å². The second-order valence-electron chi connectivity index (χ2n) is 6.30. The van der Waals surface area contributed by atoms with Gasteiger partial charge < -0.3 is 4.90 Å². The molecule has 1 aliphatic heterocycles. The molecule has 1 N–H and O–H groups in total. The Morgan fingerprint density at radius 3 is 2.80 bits per heavy atom. The van der Waals surface area contributed by atoms with E-state index in [0.29, 0.717) is 12.0 Å². The average Bonchev–Trinajstić information content (AvgIpc) is 3.23. The minimum Gasteiger partial charge on any atom is -0.328 e. The molecule has 2 heterocycles. The highest BCUT2D eigenvalue weighted by Crippen LogP contribution is 2.54. The third-order valence-corrected chi connectivity index (χ3v) is 5.14. The lowest BCUT2D eigenvalue weighted by atomic mass is 9.86. The molecule has 2 unspecified atom stereocenters. The van der Waals surface area contributed by atoms with Gasteiger partial charge in [0, 0.05) is 34.4 Å². The van der Waals surface area contributed by atoms with E-state index in [1.165, 1.54) is 17.3 Å². The minimum absolute atomic E-state index is 0.166. The van der Waals surface area contributed by atoms with E-state index >= 15 is 0 Å². The second kappa shape index (κ2) is 5.87. The molecule has 1 saturated carbocycles. The number of rotatable bonds is 3. The highest BCUT2D eigenvalue weighted by molar-refractivity contribution is 9.10. The fourth-order valence-electron chi connectivity index (χ4n) is 3.31. The summed E-state index contributed by atoms with van der Waals surface area (Å²) in [6.45, 7) is 0.0284. The Balaban J connectivity index is 1.57. The predicted octanol–water partition coefficient (Wildman–Crippen LogP) is 2.31. The van der Waals surface area contributed by atoms with Gasteiger partial charge in [-0.25, -0.2) is 14.4 Å². The summed E-state index contributed by atoms with van der Waals surface area (Å²) in [4.78, 5) is 34.2. The molecular weight excluding hydrogens is 391 g/mol. The van der Waals surface area contributed by atoms with Crippen molar-refractivity contribution in [2.45, 2.75) is 18.0 Å². The minimum atomic E-state index is -1.00. The first kappa shape index (κ1) is 16.1. The van der Waals surface area contributed by atoms with Crippen LogP contribution in [0.3, 0.4) is 0 Å². The van der Waals surface area contributed by atoms with Crippen LogP contribution in [-0.4, -0.2) is 45.9 Å². The van der Waals surface area contributed by atoms with E-state index in [1.807, 2.05) is 6.07 Å². The van der Waals surface area contributed by atoms with Crippen molar-refractivity contribution < 1.29 is 14.0 Å². The van der Waals surface area contributed by atoms with E-state index in [1.54, 1.807) is 18.2 Å². The molecule has 1 spiro atoms. The lowest BCUT2D eigenvalue weighted by molar-refractivity contribution is -0.117. The van der Waals surface area contributed by atoms with Crippen molar-refractivity contribution in [2.75, 3.05) is 18.4 Å². The van der Waals surface area contributed by atoms with Gasteiger partial charge in [-0.1, -0.05) is 15.9 Å².